The van der Waals surface area contributed by atoms with Crippen LogP contribution in [0, 0.1) is 10.1 Å². The molecule has 0 unspecified atom stereocenters. The molecule has 1 aliphatic heterocycles. The number of benzene rings is 2. The van der Waals surface area contributed by atoms with Crippen LogP contribution in [0.1, 0.15) is 25.0 Å². The predicted molar refractivity (Wildman–Crippen MR) is 102 cm³/mol. The number of methoxy groups -OCH3 is 1. The fourth-order valence-electron chi connectivity index (χ4n) is 2.79. The minimum absolute atomic E-state index is 0.0948. The highest BCUT2D eigenvalue weighted by Gasteiger charge is 2.26. The average Bonchev–Trinajstić information content (AvgIpc) is 2.61. The molecule has 0 bridgehead atoms. The molecule has 0 fully saturated rings. The lowest BCUT2D eigenvalue weighted by atomic mass is 10.0. The maximum Gasteiger partial charge on any atom is 0.296 e. The molecule has 1 heterocycles. The Balaban J connectivity index is 1.82. The van der Waals surface area contributed by atoms with Gasteiger partial charge in [-0.3, -0.25) is 14.9 Å². The number of nitrogens with one attached hydrogen (secondary N) is 1. The minimum atomic E-state index is -0.542. The van der Waals surface area contributed by atoms with E-state index in [4.69, 9.17) is 9.47 Å². The van der Waals surface area contributed by atoms with Gasteiger partial charge in [-0.2, -0.15) is 0 Å². The van der Waals surface area contributed by atoms with Crippen molar-refractivity contribution in [2.75, 3.05) is 12.4 Å². The number of amides is 1. The zero-order chi connectivity index (χ0) is 19.6. The van der Waals surface area contributed by atoms with Crippen molar-refractivity contribution >= 4 is 23.4 Å². The van der Waals surface area contributed by atoms with Gasteiger partial charge in [-0.15, -0.1) is 0 Å². The largest absolute Gasteiger partial charge is 0.497 e. The number of rotatable bonds is 5. The molecule has 0 saturated carbocycles. The highest BCUT2D eigenvalue weighted by Crippen LogP contribution is 2.38. The summed E-state index contributed by atoms with van der Waals surface area (Å²) in [5.41, 5.74) is 0.853. The quantitative estimate of drug-likeness (QED) is 0.637. The molecular weight excluding hydrogens is 348 g/mol. The fraction of sp³-hybridized carbons (Fsp3) is 0.250. The first kappa shape index (κ1) is 18.4. The molecule has 140 valence electrons. The number of nitro groups is 1. The summed E-state index contributed by atoms with van der Waals surface area (Å²) in [6.45, 7) is 3.73. The van der Waals surface area contributed by atoms with Gasteiger partial charge in [0.1, 0.15) is 22.8 Å². The Morgan fingerprint density at radius 2 is 1.96 bits per heavy atom. The molecular formula is C20H20N2O5. The first-order chi connectivity index (χ1) is 12.8. The number of ether oxygens (including phenoxy) is 2. The molecule has 0 aliphatic carbocycles. The Morgan fingerprint density at radius 3 is 2.59 bits per heavy atom. The van der Waals surface area contributed by atoms with E-state index in [2.05, 4.69) is 5.32 Å². The minimum Gasteiger partial charge on any atom is -0.497 e. The first-order valence-electron chi connectivity index (χ1n) is 8.41. The second kappa shape index (κ2) is 7.11. The van der Waals surface area contributed by atoms with Crippen LogP contribution in [0.15, 0.2) is 42.5 Å². The molecule has 2 aromatic carbocycles. The van der Waals surface area contributed by atoms with Crippen LogP contribution in [-0.2, 0) is 11.2 Å². The fourth-order valence-corrected chi connectivity index (χ4v) is 2.79. The van der Waals surface area contributed by atoms with E-state index in [1.54, 1.807) is 37.4 Å². The van der Waals surface area contributed by atoms with Crippen molar-refractivity contribution in [3.05, 3.63) is 63.7 Å². The molecule has 0 spiro atoms. The molecule has 0 aromatic heterocycles. The number of nitro benzene ring substituents is 1. The molecule has 7 nitrogen and oxygen atoms in total. The highest BCUT2D eigenvalue weighted by molar-refractivity contribution is 5.95. The van der Waals surface area contributed by atoms with Gasteiger partial charge in [0.15, 0.2) is 0 Å². The van der Waals surface area contributed by atoms with E-state index in [9.17, 15) is 14.9 Å². The van der Waals surface area contributed by atoms with Gasteiger partial charge in [0, 0.05) is 5.56 Å². The molecule has 0 saturated heterocycles. The summed E-state index contributed by atoms with van der Waals surface area (Å²) in [5.74, 6) is 0.769. The Hall–Kier alpha value is -3.35. The zero-order valence-electron chi connectivity index (χ0n) is 15.3. The molecule has 7 heteroatoms. The van der Waals surface area contributed by atoms with Gasteiger partial charge in [0.2, 0.25) is 5.91 Å². The number of hydrogen-bond acceptors (Lipinski definition) is 5. The van der Waals surface area contributed by atoms with Gasteiger partial charge in [-0.25, -0.2) is 0 Å². The van der Waals surface area contributed by atoms with E-state index < -0.39 is 10.5 Å². The maximum absolute atomic E-state index is 12.4. The van der Waals surface area contributed by atoms with Crippen molar-refractivity contribution in [2.45, 2.75) is 25.9 Å². The summed E-state index contributed by atoms with van der Waals surface area (Å²) in [6.07, 6.45) is 3.80. The SMILES string of the molecule is COc1ccc(CC(=O)Nc2cc3c(cc2[N+](=O)[O-])OC(C)(C)C=C3)cc1. The van der Waals surface area contributed by atoms with Gasteiger partial charge >= 0.3 is 0 Å². The number of carbonyl (C=O) groups excluding carboxylic acids is 1. The van der Waals surface area contributed by atoms with Crippen LogP contribution >= 0.6 is 0 Å². The van der Waals surface area contributed by atoms with Gasteiger partial charge in [-0.1, -0.05) is 18.2 Å². The summed E-state index contributed by atoms with van der Waals surface area (Å²) < 4.78 is 10.9. The summed E-state index contributed by atoms with van der Waals surface area (Å²) in [6, 6.07) is 9.98. The summed E-state index contributed by atoms with van der Waals surface area (Å²) in [4.78, 5) is 23.3. The molecule has 2 aromatic rings. The lowest BCUT2D eigenvalue weighted by Crippen LogP contribution is -2.27. The maximum atomic E-state index is 12.4. The monoisotopic (exact) mass is 368 g/mol. The summed E-state index contributed by atoms with van der Waals surface area (Å²) in [5, 5.41) is 14.1. The normalized spacial score (nSPS) is 14.0. The molecule has 1 aliphatic rings. The van der Waals surface area contributed by atoms with Crippen LogP contribution in [0.2, 0.25) is 0 Å². The topological polar surface area (TPSA) is 90.7 Å². The van der Waals surface area contributed by atoms with Crippen molar-refractivity contribution in [1.29, 1.82) is 0 Å². The van der Waals surface area contributed by atoms with Gasteiger partial charge in [-0.05, 0) is 43.7 Å². The number of fused-ring (bicyclic) bond motifs is 1. The van der Waals surface area contributed by atoms with Crippen molar-refractivity contribution in [3.8, 4) is 11.5 Å². The van der Waals surface area contributed by atoms with Crippen LogP contribution in [0.4, 0.5) is 11.4 Å². The van der Waals surface area contributed by atoms with Gasteiger partial charge in [0.25, 0.3) is 5.69 Å². The Morgan fingerprint density at radius 1 is 1.26 bits per heavy atom. The van der Waals surface area contributed by atoms with E-state index in [0.717, 1.165) is 5.56 Å². The van der Waals surface area contributed by atoms with Crippen LogP contribution in [0.5, 0.6) is 11.5 Å². The van der Waals surface area contributed by atoms with Crippen LogP contribution in [0.3, 0.4) is 0 Å². The lowest BCUT2D eigenvalue weighted by molar-refractivity contribution is -0.384. The van der Waals surface area contributed by atoms with Crippen LogP contribution in [-0.4, -0.2) is 23.5 Å². The molecule has 1 N–H and O–H groups in total. The first-order valence-corrected chi connectivity index (χ1v) is 8.41. The summed E-state index contributed by atoms with van der Waals surface area (Å²) >= 11 is 0. The van der Waals surface area contributed by atoms with E-state index >= 15 is 0 Å². The molecule has 0 atom stereocenters. The Labute approximate surface area is 156 Å². The highest BCUT2D eigenvalue weighted by atomic mass is 16.6. The third-order valence-electron chi connectivity index (χ3n) is 4.16. The van der Waals surface area contributed by atoms with Crippen molar-refractivity contribution < 1.29 is 19.2 Å². The van der Waals surface area contributed by atoms with E-state index in [-0.39, 0.29) is 23.7 Å². The Bertz CT molecular complexity index is 917. The number of anilines is 1. The number of carbonyl (C=O) groups is 1. The Kier molecular flexibility index (Phi) is 4.85. The molecule has 3 rings (SSSR count). The second-order valence-corrected chi connectivity index (χ2v) is 6.78. The smallest absolute Gasteiger partial charge is 0.296 e. The van der Waals surface area contributed by atoms with Crippen LogP contribution in [0.25, 0.3) is 6.08 Å². The van der Waals surface area contributed by atoms with Gasteiger partial charge < -0.3 is 14.8 Å². The molecule has 1 amide bonds. The van der Waals surface area contributed by atoms with Gasteiger partial charge in [0.05, 0.1) is 24.5 Å². The standard InChI is InChI=1S/C20H20N2O5/c1-20(2)9-8-14-11-16(17(22(24)25)12-18(14)27-20)21-19(23)10-13-4-6-15(26-3)7-5-13/h4-9,11-12H,10H2,1-3H3,(H,21,23). The third kappa shape index (κ3) is 4.25. The third-order valence-corrected chi connectivity index (χ3v) is 4.16. The van der Waals surface area contributed by atoms with Crippen molar-refractivity contribution in [3.63, 3.8) is 0 Å². The second-order valence-electron chi connectivity index (χ2n) is 6.78. The number of nitrogens with zero attached hydrogens (tertiary/aromatic N) is 1. The van der Waals surface area contributed by atoms with Crippen molar-refractivity contribution in [1.82, 2.24) is 0 Å². The van der Waals surface area contributed by atoms with Crippen molar-refractivity contribution in [2.24, 2.45) is 0 Å². The van der Waals surface area contributed by atoms with E-state index in [0.29, 0.717) is 17.1 Å². The van der Waals surface area contributed by atoms with Crippen LogP contribution < -0.4 is 14.8 Å². The zero-order valence-corrected chi connectivity index (χ0v) is 15.3. The average molecular weight is 368 g/mol. The summed E-state index contributed by atoms with van der Waals surface area (Å²) in [7, 11) is 1.57. The predicted octanol–water partition coefficient (Wildman–Crippen LogP) is 3.97. The molecule has 0 radical (unpaired) electrons. The molecule has 27 heavy (non-hydrogen) atoms. The number of hydrogen-bond donors (Lipinski definition) is 1. The van der Waals surface area contributed by atoms with E-state index in [1.165, 1.54) is 6.07 Å². The lowest BCUT2D eigenvalue weighted by Gasteiger charge is -2.28. The van der Waals surface area contributed by atoms with E-state index in [1.807, 2.05) is 26.0 Å².